The van der Waals surface area contributed by atoms with Gasteiger partial charge in [0.1, 0.15) is 5.56 Å². The summed E-state index contributed by atoms with van der Waals surface area (Å²) in [6.07, 6.45) is 0. The van der Waals surface area contributed by atoms with Crippen LogP contribution in [0.1, 0.15) is 10.4 Å². The van der Waals surface area contributed by atoms with Crippen LogP contribution in [0.25, 0.3) is 0 Å². The third-order valence-corrected chi connectivity index (χ3v) is 2.99. The van der Waals surface area contributed by atoms with Crippen molar-refractivity contribution in [3.8, 4) is 0 Å². The molecule has 1 amide bonds. The fourth-order valence-electron chi connectivity index (χ4n) is 1.85. The summed E-state index contributed by atoms with van der Waals surface area (Å²) in [5.74, 6) is -1.57. The molecule has 0 heterocycles. The highest BCUT2D eigenvalue weighted by Crippen LogP contribution is 2.26. The van der Waals surface area contributed by atoms with E-state index in [1.807, 2.05) is 0 Å². The van der Waals surface area contributed by atoms with E-state index in [-0.39, 0.29) is 11.3 Å². The van der Waals surface area contributed by atoms with Gasteiger partial charge in [0, 0.05) is 12.7 Å². The van der Waals surface area contributed by atoms with Gasteiger partial charge in [-0.2, -0.15) is 0 Å². The van der Waals surface area contributed by atoms with Gasteiger partial charge in [0.2, 0.25) is 0 Å². The summed E-state index contributed by atoms with van der Waals surface area (Å²) < 4.78 is 13.4. The molecule has 0 atom stereocenters. The van der Waals surface area contributed by atoms with E-state index in [2.05, 4.69) is 0 Å². The van der Waals surface area contributed by atoms with Gasteiger partial charge in [-0.1, -0.05) is 18.2 Å². The topological polar surface area (TPSA) is 89.5 Å². The minimum atomic E-state index is -0.930. The SMILES string of the molecule is CN(C(=O)c1cc(N)c(F)cc1[N+](=O)[O-])c1ccccc1. The van der Waals surface area contributed by atoms with E-state index in [1.165, 1.54) is 11.9 Å². The first-order chi connectivity index (χ1) is 9.91. The third kappa shape index (κ3) is 2.81. The number of nitrogens with two attached hydrogens (primary N) is 1. The number of carbonyl (C=O) groups is 1. The zero-order valence-corrected chi connectivity index (χ0v) is 11.1. The summed E-state index contributed by atoms with van der Waals surface area (Å²) in [6.45, 7) is 0. The Hall–Kier alpha value is -2.96. The van der Waals surface area contributed by atoms with Crippen molar-refractivity contribution < 1.29 is 14.1 Å². The van der Waals surface area contributed by atoms with Gasteiger partial charge in [-0.3, -0.25) is 14.9 Å². The zero-order valence-electron chi connectivity index (χ0n) is 11.1. The Balaban J connectivity index is 2.48. The standard InChI is InChI=1S/C14H12FN3O3/c1-17(9-5-3-2-4-6-9)14(19)10-7-12(16)11(15)8-13(10)18(20)21/h2-8H,16H2,1H3. The van der Waals surface area contributed by atoms with Crippen LogP contribution in [0.15, 0.2) is 42.5 Å². The lowest BCUT2D eigenvalue weighted by molar-refractivity contribution is -0.385. The van der Waals surface area contributed by atoms with Gasteiger partial charge in [0.15, 0.2) is 5.82 Å². The first kappa shape index (κ1) is 14.4. The summed E-state index contributed by atoms with van der Waals surface area (Å²) in [4.78, 5) is 23.8. The number of para-hydroxylation sites is 1. The number of rotatable bonds is 3. The van der Waals surface area contributed by atoms with E-state index in [4.69, 9.17) is 5.73 Å². The molecule has 2 N–H and O–H groups in total. The summed E-state index contributed by atoms with van der Waals surface area (Å²) in [5, 5.41) is 11.0. The number of halogens is 1. The maximum absolute atomic E-state index is 13.4. The number of nitrogen functional groups attached to an aromatic ring is 1. The number of anilines is 2. The van der Waals surface area contributed by atoms with Gasteiger partial charge in [0.05, 0.1) is 16.7 Å². The quantitative estimate of drug-likeness (QED) is 0.534. The first-order valence-electron chi connectivity index (χ1n) is 5.98. The van der Waals surface area contributed by atoms with Crippen LogP contribution in [0.3, 0.4) is 0 Å². The van der Waals surface area contributed by atoms with Crippen molar-refractivity contribution in [1.82, 2.24) is 0 Å². The van der Waals surface area contributed by atoms with Gasteiger partial charge in [-0.15, -0.1) is 0 Å². The van der Waals surface area contributed by atoms with E-state index in [0.717, 1.165) is 6.07 Å². The zero-order chi connectivity index (χ0) is 15.6. The van der Waals surface area contributed by atoms with Gasteiger partial charge < -0.3 is 10.6 Å². The minimum Gasteiger partial charge on any atom is -0.396 e. The molecule has 0 fully saturated rings. The Kier molecular flexibility index (Phi) is 3.84. The van der Waals surface area contributed by atoms with E-state index in [9.17, 15) is 19.3 Å². The van der Waals surface area contributed by atoms with Crippen LogP contribution < -0.4 is 10.6 Å². The van der Waals surface area contributed by atoms with Gasteiger partial charge in [-0.05, 0) is 18.2 Å². The van der Waals surface area contributed by atoms with Crippen LogP contribution >= 0.6 is 0 Å². The molecule has 0 aromatic heterocycles. The third-order valence-electron chi connectivity index (χ3n) is 2.99. The van der Waals surface area contributed by atoms with Crippen molar-refractivity contribution in [1.29, 1.82) is 0 Å². The first-order valence-corrected chi connectivity index (χ1v) is 5.98. The molecular formula is C14H12FN3O3. The Labute approximate surface area is 119 Å². The highest BCUT2D eigenvalue weighted by molar-refractivity contribution is 6.08. The molecule has 21 heavy (non-hydrogen) atoms. The Morgan fingerprint density at radius 3 is 2.48 bits per heavy atom. The molecule has 0 aliphatic carbocycles. The summed E-state index contributed by atoms with van der Waals surface area (Å²) in [6, 6.07) is 10.2. The molecule has 0 bridgehead atoms. The lowest BCUT2D eigenvalue weighted by Crippen LogP contribution is -2.27. The van der Waals surface area contributed by atoms with E-state index in [0.29, 0.717) is 11.8 Å². The van der Waals surface area contributed by atoms with Gasteiger partial charge >= 0.3 is 0 Å². The molecule has 0 saturated heterocycles. The molecule has 0 unspecified atom stereocenters. The molecule has 0 aliphatic heterocycles. The van der Waals surface area contributed by atoms with Gasteiger partial charge in [-0.25, -0.2) is 4.39 Å². The Morgan fingerprint density at radius 2 is 1.90 bits per heavy atom. The predicted octanol–water partition coefficient (Wildman–Crippen LogP) is 2.59. The number of hydrogen-bond acceptors (Lipinski definition) is 4. The normalized spacial score (nSPS) is 10.2. The number of amides is 1. The minimum absolute atomic E-state index is 0.259. The highest BCUT2D eigenvalue weighted by Gasteiger charge is 2.25. The van der Waals surface area contributed by atoms with Crippen molar-refractivity contribution >= 4 is 23.0 Å². The summed E-state index contributed by atoms with van der Waals surface area (Å²) >= 11 is 0. The second-order valence-electron chi connectivity index (χ2n) is 4.35. The number of nitro benzene ring substituents is 1. The molecule has 7 heteroatoms. The predicted molar refractivity (Wildman–Crippen MR) is 76.6 cm³/mol. The maximum Gasteiger partial charge on any atom is 0.285 e. The maximum atomic E-state index is 13.4. The molecule has 2 aromatic rings. The Morgan fingerprint density at radius 1 is 1.29 bits per heavy atom. The van der Waals surface area contributed by atoms with Crippen LogP contribution in [-0.4, -0.2) is 17.9 Å². The molecule has 2 aromatic carbocycles. The van der Waals surface area contributed by atoms with Gasteiger partial charge in [0.25, 0.3) is 11.6 Å². The van der Waals surface area contributed by atoms with Crippen LogP contribution in [0.5, 0.6) is 0 Å². The lowest BCUT2D eigenvalue weighted by Gasteiger charge is -2.17. The fraction of sp³-hybridized carbons (Fsp3) is 0.0714. The number of benzene rings is 2. The van der Waals surface area contributed by atoms with Crippen molar-refractivity contribution in [3.05, 3.63) is 64.0 Å². The van der Waals surface area contributed by atoms with E-state index >= 15 is 0 Å². The molecule has 0 aliphatic rings. The number of hydrogen-bond donors (Lipinski definition) is 1. The fourth-order valence-corrected chi connectivity index (χ4v) is 1.85. The molecule has 6 nitrogen and oxygen atoms in total. The van der Waals surface area contributed by atoms with Crippen molar-refractivity contribution in [3.63, 3.8) is 0 Å². The van der Waals surface area contributed by atoms with Crippen LogP contribution in [-0.2, 0) is 0 Å². The summed E-state index contributed by atoms with van der Waals surface area (Å²) in [5.41, 5.74) is 4.76. The Bertz CT molecular complexity index is 704. The average Bonchev–Trinajstić information content (AvgIpc) is 2.48. The molecule has 0 spiro atoms. The average molecular weight is 289 g/mol. The van der Waals surface area contributed by atoms with E-state index in [1.54, 1.807) is 30.3 Å². The number of nitrogens with zero attached hydrogens (tertiary/aromatic N) is 2. The van der Waals surface area contributed by atoms with Crippen molar-refractivity contribution in [2.45, 2.75) is 0 Å². The molecule has 108 valence electrons. The highest BCUT2D eigenvalue weighted by atomic mass is 19.1. The molecule has 0 radical (unpaired) electrons. The molecule has 2 rings (SSSR count). The lowest BCUT2D eigenvalue weighted by atomic mass is 10.1. The second-order valence-corrected chi connectivity index (χ2v) is 4.35. The largest absolute Gasteiger partial charge is 0.396 e. The van der Waals surface area contributed by atoms with Crippen molar-refractivity contribution in [2.75, 3.05) is 17.7 Å². The van der Waals surface area contributed by atoms with Crippen LogP contribution in [0.2, 0.25) is 0 Å². The number of carbonyl (C=O) groups excluding carboxylic acids is 1. The smallest absolute Gasteiger partial charge is 0.285 e. The molecule has 0 saturated carbocycles. The molecular weight excluding hydrogens is 277 g/mol. The van der Waals surface area contributed by atoms with Crippen LogP contribution in [0, 0.1) is 15.9 Å². The summed E-state index contributed by atoms with van der Waals surface area (Å²) in [7, 11) is 1.47. The van der Waals surface area contributed by atoms with Crippen molar-refractivity contribution in [2.24, 2.45) is 0 Å². The number of nitro groups is 1. The van der Waals surface area contributed by atoms with E-state index < -0.39 is 22.3 Å². The monoisotopic (exact) mass is 289 g/mol. The van der Waals surface area contributed by atoms with Crippen LogP contribution in [0.4, 0.5) is 21.5 Å². The second kappa shape index (κ2) is 5.58.